The summed E-state index contributed by atoms with van der Waals surface area (Å²) in [5.74, 6) is 0.730. The number of ether oxygens (including phenoxy) is 1. The number of nitrogens with zero attached hydrogens (tertiary/aromatic N) is 3. The molecule has 2 heterocycles. The summed E-state index contributed by atoms with van der Waals surface area (Å²) in [6.07, 6.45) is 0.813. The van der Waals surface area contributed by atoms with Crippen molar-refractivity contribution >= 4 is 22.6 Å². The van der Waals surface area contributed by atoms with Crippen LogP contribution in [0.15, 0.2) is 30.3 Å². The first kappa shape index (κ1) is 16.9. The Morgan fingerprint density at radius 2 is 2.08 bits per heavy atom. The molecule has 1 aromatic heterocycles. The van der Waals surface area contributed by atoms with E-state index in [1.807, 2.05) is 42.2 Å². The molecule has 6 nitrogen and oxygen atoms in total. The molecule has 24 heavy (non-hydrogen) atoms. The summed E-state index contributed by atoms with van der Waals surface area (Å²) in [6, 6.07) is 9.90. The monoisotopic (exact) mass is 346 g/mol. The van der Waals surface area contributed by atoms with E-state index in [0.717, 1.165) is 22.9 Å². The molecule has 0 aliphatic carbocycles. The van der Waals surface area contributed by atoms with Crippen LogP contribution in [-0.4, -0.2) is 53.0 Å². The van der Waals surface area contributed by atoms with Crippen molar-refractivity contribution in [2.75, 3.05) is 38.2 Å². The van der Waals surface area contributed by atoms with Crippen molar-refractivity contribution in [1.82, 2.24) is 14.3 Å². The molecule has 7 heteroatoms. The van der Waals surface area contributed by atoms with Gasteiger partial charge in [0, 0.05) is 37.6 Å². The minimum Gasteiger partial charge on any atom is -0.378 e. The number of hydrogen-bond donors (Lipinski definition) is 1. The summed E-state index contributed by atoms with van der Waals surface area (Å²) in [4.78, 5) is 19.3. The second-order valence-corrected chi connectivity index (χ2v) is 6.40. The Kier molecular flexibility index (Phi) is 5.77. The highest BCUT2D eigenvalue weighted by molar-refractivity contribution is 7.09. The number of aryl methyl sites for hydroxylation is 1. The lowest BCUT2D eigenvalue weighted by Gasteiger charge is -2.30. The highest BCUT2D eigenvalue weighted by atomic mass is 32.1. The molecule has 1 atom stereocenters. The Morgan fingerprint density at radius 3 is 2.75 bits per heavy atom. The van der Waals surface area contributed by atoms with Gasteiger partial charge in [-0.3, -0.25) is 4.79 Å². The van der Waals surface area contributed by atoms with Gasteiger partial charge in [0.25, 0.3) is 0 Å². The maximum atomic E-state index is 13.0. The molecule has 0 spiro atoms. The largest absolute Gasteiger partial charge is 0.378 e. The number of carbonyl (C=O) groups excluding carboxylic acids is 1. The summed E-state index contributed by atoms with van der Waals surface area (Å²) in [7, 11) is 0. The van der Waals surface area contributed by atoms with Gasteiger partial charge in [-0.2, -0.15) is 4.37 Å². The van der Waals surface area contributed by atoms with Gasteiger partial charge in [-0.25, -0.2) is 4.98 Å². The van der Waals surface area contributed by atoms with Gasteiger partial charge in [0.2, 0.25) is 11.0 Å². The Hall–Kier alpha value is -1.99. The molecule has 128 valence electrons. The Bertz CT molecular complexity index is 656. The lowest BCUT2D eigenvalue weighted by Crippen LogP contribution is -2.44. The van der Waals surface area contributed by atoms with Crippen molar-refractivity contribution in [3.05, 3.63) is 41.7 Å². The summed E-state index contributed by atoms with van der Waals surface area (Å²) >= 11 is 1.34. The fourth-order valence-electron chi connectivity index (χ4n) is 2.70. The van der Waals surface area contributed by atoms with Crippen LogP contribution in [0.1, 0.15) is 24.2 Å². The smallest absolute Gasteiger partial charge is 0.232 e. The van der Waals surface area contributed by atoms with Crippen LogP contribution in [0.5, 0.6) is 0 Å². The molecular weight excluding hydrogens is 324 g/mol. The van der Waals surface area contributed by atoms with Crippen LogP contribution < -0.4 is 5.32 Å². The van der Waals surface area contributed by atoms with Gasteiger partial charge in [-0.05, 0) is 5.56 Å². The highest BCUT2D eigenvalue weighted by Gasteiger charge is 2.27. The van der Waals surface area contributed by atoms with Crippen molar-refractivity contribution in [2.24, 2.45) is 0 Å². The number of morpholine rings is 1. The Balaban J connectivity index is 1.73. The molecule has 1 aliphatic rings. The van der Waals surface area contributed by atoms with Crippen LogP contribution in [0, 0.1) is 0 Å². The average Bonchev–Trinajstić information content (AvgIpc) is 3.11. The third-order valence-electron chi connectivity index (χ3n) is 4.06. The first-order chi connectivity index (χ1) is 11.8. The Morgan fingerprint density at radius 1 is 1.33 bits per heavy atom. The zero-order valence-corrected chi connectivity index (χ0v) is 14.6. The van der Waals surface area contributed by atoms with Crippen LogP contribution >= 0.6 is 11.5 Å². The molecule has 1 amide bonds. The van der Waals surface area contributed by atoms with Crippen LogP contribution in [0.4, 0.5) is 5.13 Å². The molecule has 0 bridgehead atoms. The average molecular weight is 346 g/mol. The number of hydrogen-bond acceptors (Lipinski definition) is 6. The molecule has 0 radical (unpaired) electrons. The minimum absolute atomic E-state index is 0.136. The van der Waals surface area contributed by atoms with Gasteiger partial charge < -0.3 is 15.0 Å². The summed E-state index contributed by atoms with van der Waals surface area (Å²) in [5, 5.41) is 4.05. The Labute approximate surface area is 146 Å². The number of carbonyl (C=O) groups is 1. The normalized spacial score (nSPS) is 16.0. The molecule has 1 aliphatic heterocycles. The highest BCUT2D eigenvalue weighted by Crippen LogP contribution is 2.21. The van der Waals surface area contributed by atoms with Crippen molar-refractivity contribution < 1.29 is 9.53 Å². The number of benzene rings is 1. The molecule has 1 fully saturated rings. The second-order valence-electron chi connectivity index (χ2n) is 5.65. The maximum absolute atomic E-state index is 13.0. The minimum atomic E-state index is -0.238. The number of amides is 1. The maximum Gasteiger partial charge on any atom is 0.232 e. The first-order valence-electron chi connectivity index (χ1n) is 8.26. The first-order valence-corrected chi connectivity index (χ1v) is 9.03. The van der Waals surface area contributed by atoms with Gasteiger partial charge in [0.15, 0.2) is 0 Å². The third-order valence-corrected chi connectivity index (χ3v) is 4.78. The molecule has 3 rings (SSSR count). The van der Waals surface area contributed by atoms with Crippen molar-refractivity contribution in [2.45, 2.75) is 19.3 Å². The van der Waals surface area contributed by atoms with Crippen molar-refractivity contribution in [1.29, 1.82) is 0 Å². The van der Waals surface area contributed by atoms with Crippen LogP contribution in [-0.2, 0) is 16.0 Å². The van der Waals surface area contributed by atoms with E-state index in [0.29, 0.717) is 32.8 Å². The van der Waals surface area contributed by atoms with Gasteiger partial charge in [-0.1, -0.05) is 37.3 Å². The summed E-state index contributed by atoms with van der Waals surface area (Å²) < 4.78 is 9.63. The van der Waals surface area contributed by atoms with E-state index in [9.17, 15) is 4.79 Å². The van der Waals surface area contributed by atoms with Crippen molar-refractivity contribution in [3.8, 4) is 0 Å². The fraction of sp³-hybridized carbons (Fsp3) is 0.471. The van der Waals surface area contributed by atoms with Gasteiger partial charge in [0.05, 0.1) is 19.1 Å². The third kappa shape index (κ3) is 4.10. The van der Waals surface area contributed by atoms with Gasteiger partial charge in [0.1, 0.15) is 5.82 Å². The molecule has 0 saturated carbocycles. The summed E-state index contributed by atoms with van der Waals surface area (Å²) in [6.45, 7) is 5.06. The van der Waals surface area contributed by atoms with E-state index in [2.05, 4.69) is 14.7 Å². The van der Waals surface area contributed by atoms with Gasteiger partial charge >= 0.3 is 0 Å². The van der Waals surface area contributed by atoms with Crippen LogP contribution in [0.25, 0.3) is 0 Å². The SMILES string of the molecule is CCc1nsc(NC[C@@H](C(=O)N2CCOCC2)c2ccccc2)n1. The fourth-order valence-corrected chi connectivity index (χ4v) is 3.35. The molecule has 0 unspecified atom stereocenters. The van der Waals surface area contributed by atoms with E-state index >= 15 is 0 Å². The van der Waals surface area contributed by atoms with Crippen LogP contribution in [0.2, 0.25) is 0 Å². The second kappa shape index (κ2) is 8.21. The molecular formula is C17H22N4O2S. The number of nitrogens with one attached hydrogen (secondary N) is 1. The van der Waals surface area contributed by atoms with E-state index in [-0.39, 0.29) is 11.8 Å². The lowest BCUT2D eigenvalue weighted by atomic mass is 9.97. The molecule has 1 aromatic carbocycles. The standard InChI is InChI=1S/C17H22N4O2S/c1-2-15-19-17(24-20-15)18-12-14(13-6-4-3-5-7-13)16(22)21-8-10-23-11-9-21/h3-7,14H,2,8-12H2,1H3,(H,18,19,20)/t14-/m1/s1. The van der Waals surface area contributed by atoms with E-state index in [1.165, 1.54) is 11.5 Å². The zero-order chi connectivity index (χ0) is 16.8. The van der Waals surface area contributed by atoms with E-state index in [4.69, 9.17) is 4.74 Å². The quantitative estimate of drug-likeness (QED) is 0.868. The molecule has 1 N–H and O–H groups in total. The number of aromatic nitrogens is 2. The zero-order valence-electron chi connectivity index (χ0n) is 13.8. The molecule has 1 saturated heterocycles. The van der Waals surface area contributed by atoms with E-state index in [1.54, 1.807) is 0 Å². The summed E-state index contributed by atoms with van der Waals surface area (Å²) in [5.41, 5.74) is 1.02. The van der Waals surface area contributed by atoms with E-state index < -0.39 is 0 Å². The molecule has 2 aromatic rings. The van der Waals surface area contributed by atoms with Crippen molar-refractivity contribution in [3.63, 3.8) is 0 Å². The number of anilines is 1. The number of rotatable bonds is 6. The predicted molar refractivity (Wildman–Crippen MR) is 94.4 cm³/mol. The lowest BCUT2D eigenvalue weighted by molar-refractivity contribution is -0.136. The topological polar surface area (TPSA) is 67.4 Å². The van der Waals surface area contributed by atoms with Gasteiger partial charge in [-0.15, -0.1) is 0 Å². The van der Waals surface area contributed by atoms with Crippen LogP contribution in [0.3, 0.4) is 0 Å². The predicted octanol–water partition coefficient (Wildman–Crippen LogP) is 2.16.